The normalized spacial score (nSPS) is 12.8. The SMILES string of the molecule is CCCCCCCCC(C)(C)C(CCCC)(CCCC)CCCC. The smallest absolute Gasteiger partial charge is 0.0246 e. The Balaban J connectivity index is 4.81. The fraction of sp³-hybridized carbons (Fsp3) is 1.00. The molecule has 0 bridgehead atoms. The van der Waals surface area contributed by atoms with Crippen molar-refractivity contribution in [2.75, 3.05) is 0 Å². The minimum atomic E-state index is 0.511. The summed E-state index contributed by atoms with van der Waals surface area (Å²) >= 11 is 0. The van der Waals surface area contributed by atoms with Crippen LogP contribution in [0.1, 0.15) is 144 Å². The van der Waals surface area contributed by atoms with Gasteiger partial charge in [0.25, 0.3) is 0 Å². The Morgan fingerprint density at radius 1 is 0.417 bits per heavy atom. The van der Waals surface area contributed by atoms with E-state index >= 15 is 0 Å². The molecule has 0 amide bonds. The van der Waals surface area contributed by atoms with Gasteiger partial charge in [-0.3, -0.25) is 0 Å². The van der Waals surface area contributed by atoms with Crippen LogP contribution in [-0.4, -0.2) is 0 Å². The third-order valence-electron chi connectivity index (χ3n) is 6.62. The Labute approximate surface area is 155 Å². The van der Waals surface area contributed by atoms with Crippen LogP contribution in [0.5, 0.6) is 0 Å². The highest BCUT2D eigenvalue weighted by molar-refractivity contribution is 4.92. The highest BCUT2D eigenvalue weighted by Crippen LogP contribution is 2.53. The first-order chi connectivity index (χ1) is 11.5. The average molecular weight is 339 g/mol. The molecule has 0 aromatic heterocycles. The highest BCUT2D eigenvalue weighted by atomic mass is 14.5. The maximum atomic E-state index is 2.61. The summed E-state index contributed by atoms with van der Waals surface area (Å²) in [6.45, 7) is 14.6. The molecule has 0 aromatic rings. The number of hydrogen-bond acceptors (Lipinski definition) is 0. The third kappa shape index (κ3) is 8.91. The molecule has 0 aliphatic carbocycles. The van der Waals surface area contributed by atoms with Gasteiger partial charge in [-0.2, -0.15) is 0 Å². The molecule has 24 heavy (non-hydrogen) atoms. The van der Waals surface area contributed by atoms with E-state index in [2.05, 4.69) is 41.5 Å². The van der Waals surface area contributed by atoms with Crippen LogP contribution in [0.3, 0.4) is 0 Å². The summed E-state index contributed by atoms with van der Waals surface area (Å²) in [6, 6.07) is 0. The number of unbranched alkanes of at least 4 members (excludes halogenated alkanes) is 8. The molecule has 0 aliphatic heterocycles. The molecule has 0 unspecified atom stereocenters. The summed E-state index contributed by atoms with van der Waals surface area (Å²) in [4.78, 5) is 0. The third-order valence-corrected chi connectivity index (χ3v) is 6.62. The van der Waals surface area contributed by atoms with Gasteiger partial charge < -0.3 is 0 Å². The number of hydrogen-bond donors (Lipinski definition) is 0. The van der Waals surface area contributed by atoms with Gasteiger partial charge in [0.05, 0.1) is 0 Å². The van der Waals surface area contributed by atoms with Crippen molar-refractivity contribution >= 4 is 0 Å². The van der Waals surface area contributed by atoms with Crippen molar-refractivity contribution in [3.8, 4) is 0 Å². The second kappa shape index (κ2) is 14.2. The van der Waals surface area contributed by atoms with Crippen LogP contribution in [0.2, 0.25) is 0 Å². The van der Waals surface area contributed by atoms with Crippen molar-refractivity contribution in [3.05, 3.63) is 0 Å². The molecule has 146 valence electrons. The summed E-state index contributed by atoms with van der Waals surface area (Å²) in [6.07, 6.45) is 22.8. The van der Waals surface area contributed by atoms with Gasteiger partial charge in [-0.1, -0.05) is 119 Å². The molecule has 0 heterocycles. The topological polar surface area (TPSA) is 0 Å². The Kier molecular flexibility index (Phi) is 14.2. The zero-order valence-corrected chi connectivity index (χ0v) is 18.3. The van der Waals surface area contributed by atoms with Crippen LogP contribution in [0.4, 0.5) is 0 Å². The first-order valence-corrected chi connectivity index (χ1v) is 11.5. The molecule has 0 aromatic carbocycles. The number of rotatable bonds is 17. The zero-order chi connectivity index (χ0) is 18.3. The molecule has 0 heteroatoms. The van der Waals surface area contributed by atoms with Crippen molar-refractivity contribution in [1.82, 2.24) is 0 Å². The Bertz CT molecular complexity index is 241. The van der Waals surface area contributed by atoms with Gasteiger partial charge in [-0.25, -0.2) is 0 Å². The van der Waals surface area contributed by atoms with Crippen LogP contribution in [0.25, 0.3) is 0 Å². The largest absolute Gasteiger partial charge is 0.0654 e. The van der Waals surface area contributed by atoms with E-state index in [0.717, 1.165) is 0 Å². The minimum Gasteiger partial charge on any atom is -0.0654 e. The standard InChI is InChI=1S/C24H50/c1-7-11-15-16-17-18-19-23(5,6)24(20-12-8-2,21-13-9-3)22-14-10-4/h7-22H2,1-6H3. The Morgan fingerprint density at radius 2 is 0.792 bits per heavy atom. The van der Waals surface area contributed by atoms with Crippen molar-refractivity contribution in [1.29, 1.82) is 0 Å². The van der Waals surface area contributed by atoms with Crippen LogP contribution in [0, 0.1) is 10.8 Å². The van der Waals surface area contributed by atoms with Crippen molar-refractivity contribution in [2.24, 2.45) is 10.8 Å². The molecule has 0 spiro atoms. The van der Waals surface area contributed by atoms with Gasteiger partial charge in [-0.05, 0) is 36.5 Å². The lowest BCUT2D eigenvalue weighted by Gasteiger charge is -2.48. The van der Waals surface area contributed by atoms with E-state index in [1.807, 2.05) is 0 Å². The Morgan fingerprint density at radius 3 is 1.21 bits per heavy atom. The summed E-state index contributed by atoms with van der Waals surface area (Å²) in [7, 11) is 0. The van der Waals surface area contributed by atoms with E-state index in [-0.39, 0.29) is 0 Å². The molecular weight excluding hydrogens is 288 g/mol. The van der Waals surface area contributed by atoms with E-state index in [9.17, 15) is 0 Å². The van der Waals surface area contributed by atoms with Gasteiger partial charge in [0.1, 0.15) is 0 Å². The minimum absolute atomic E-state index is 0.511. The second-order valence-corrected chi connectivity index (χ2v) is 8.99. The summed E-state index contributed by atoms with van der Waals surface area (Å²) in [5.74, 6) is 0. The van der Waals surface area contributed by atoms with Gasteiger partial charge in [0, 0.05) is 0 Å². The van der Waals surface area contributed by atoms with E-state index in [0.29, 0.717) is 10.8 Å². The highest BCUT2D eigenvalue weighted by Gasteiger charge is 2.42. The first kappa shape index (κ1) is 24.0. The van der Waals surface area contributed by atoms with Crippen LogP contribution < -0.4 is 0 Å². The lowest BCUT2D eigenvalue weighted by Crippen LogP contribution is -2.38. The van der Waals surface area contributed by atoms with Gasteiger partial charge >= 0.3 is 0 Å². The van der Waals surface area contributed by atoms with Crippen molar-refractivity contribution < 1.29 is 0 Å². The van der Waals surface area contributed by atoms with Crippen LogP contribution in [0.15, 0.2) is 0 Å². The Hall–Kier alpha value is 0. The molecule has 0 nitrogen and oxygen atoms in total. The molecule has 0 radical (unpaired) electrons. The zero-order valence-electron chi connectivity index (χ0n) is 18.3. The lowest BCUT2D eigenvalue weighted by atomic mass is 9.56. The summed E-state index contributed by atoms with van der Waals surface area (Å²) < 4.78 is 0. The molecule has 0 atom stereocenters. The molecule has 0 fully saturated rings. The van der Waals surface area contributed by atoms with E-state index in [1.54, 1.807) is 0 Å². The molecule has 0 N–H and O–H groups in total. The fourth-order valence-electron chi connectivity index (χ4n) is 4.55. The van der Waals surface area contributed by atoms with Gasteiger partial charge in [-0.15, -0.1) is 0 Å². The maximum absolute atomic E-state index is 2.61. The van der Waals surface area contributed by atoms with E-state index < -0.39 is 0 Å². The summed E-state index contributed by atoms with van der Waals surface area (Å²) in [5, 5.41) is 0. The first-order valence-electron chi connectivity index (χ1n) is 11.5. The van der Waals surface area contributed by atoms with Crippen LogP contribution in [-0.2, 0) is 0 Å². The van der Waals surface area contributed by atoms with E-state index in [4.69, 9.17) is 0 Å². The average Bonchev–Trinajstić information content (AvgIpc) is 2.57. The van der Waals surface area contributed by atoms with Crippen molar-refractivity contribution in [2.45, 2.75) is 144 Å². The fourth-order valence-corrected chi connectivity index (χ4v) is 4.55. The summed E-state index contributed by atoms with van der Waals surface area (Å²) in [5.41, 5.74) is 1.11. The van der Waals surface area contributed by atoms with E-state index in [1.165, 1.54) is 103 Å². The maximum Gasteiger partial charge on any atom is -0.0246 e. The van der Waals surface area contributed by atoms with Crippen molar-refractivity contribution in [3.63, 3.8) is 0 Å². The quantitative estimate of drug-likeness (QED) is 0.232. The van der Waals surface area contributed by atoms with Gasteiger partial charge in [0.2, 0.25) is 0 Å². The molecule has 0 rings (SSSR count). The molecule has 0 saturated heterocycles. The predicted molar refractivity (Wildman–Crippen MR) is 113 cm³/mol. The predicted octanol–water partition coefficient (Wildman–Crippen LogP) is 9.32. The second-order valence-electron chi connectivity index (χ2n) is 8.99. The lowest BCUT2D eigenvalue weighted by molar-refractivity contribution is 0.0194. The van der Waals surface area contributed by atoms with Crippen LogP contribution >= 0.6 is 0 Å². The monoisotopic (exact) mass is 338 g/mol. The molecule has 0 saturated carbocycles. The molecule has 0 aliphatic rings. The van der Waals surface area contributed by atoms with Gasteiger partial charge in [0.15, 0.2) is 0 Å². The molecular formula is C24H50.